The summed E-state index contributed by atoms with van der Waals surface area (Å²) < 4.78 is 5.92. The third kappa shape index (κ3) is 2.05. The van der Waals surface area contributed by atoms with Crippen LogP contribution in [0.5, 0.6) is 5.75 Å². The lowest BCUT2D eigenvalue weighted by Crippen LogP contribution is -2.63. The first-order valence-corrected chi connectivity index (χ1v) is 7.62. The Morgan fingerprint density at radius 1 is 0.800 bits per heavy atom. The smallest absolute Gasteiger partial charge is 0.186 e. The minimum atomic E-state index is -1.79. The van der Waals surface area contributed by atoms with Crippen molar-refractivity contribution in [3.63, 3.8) is 0 Å². The van der Waals surface area contributed by atoms with Gasteiger partial charge >= 0.3 is 0 Å². The predicted molar refractivity (Wildman–Crippen MR) is 87.7 cm³/mol. The average Bonchev–Trinajstić information content (AvgIpc) is 2.63. The van der Waals surface area contributed by atoms with Crippen LogP contribution in [0.15, 0.2) is 66.5 Å². The first-order chi connectivity index (χ1) is 12.2. The summed E-state index contributed by atoms with van der Waals surface area (Å²) in [5, 5.41) is 38.7. The van der Waals surface area contributed by atoms with Crippen molar-refractivity contribution in [2.45, 2.75) is 0 Å². The predicted octanol–water partition coefficient (Wildman–Crippen LogP) is 3.39. The fourth-order valence-electron chi connectivity index (χ4n) is 3.49. The molecule has 2 aliphatic rings. The normalized spacial score (nSPS) is 24.4. The van der Waals surface area contributed by atoms with E-state index in [2.05, 4.69) is 0 Å². The maximum absolute atomic E-state index is 9.72. The number of ether oxygens (including phenoxy) is 1. The molecule has 5 heteroatoms. The van der Waals surface area contributed by atoms with Crippen LogP contribution in [0.3, 0.4) is 0 Å². The molecule has 5 nitrogen and oxygen atoms in total. The highest BCUT2D eigenvalue weighted by molar-refractivity contribution is 5.51. The number of nitriles is 4. The van der Waals surface area contributed by atoms with Gasteiger partial charge in [-0.05, 0) is 18.2 Å². The van der Waals surface area contributed by atoms with Crippen molar-refractivity contribution in [1.82, 2.24) is 0 Å². The van der Waals surface area contributed by atoms with E-state index in [4.69, 9.17) is 4.74 Å². The van der Waals surface area contributed by atoms with Crippen LogP contribution >= 0.6 is 0 Å². The Balaban J connectivity index is 2.14. The van der Waals surface area contributed by atoms with Crippen molar-refractivity contribution in [2.75, 3.05) is 0 Å². The van der Waals surface area contributed by atoms with E-state index in [9.17, 15) is 21.0 Å². The number of benzene rings is 1. The second-order valence-corrected chi connectivity index (χ2v) is 5.82. The molecule has 0 amide bonds. The van der Waals surface area contributed by atoms with Crippen LogP contribution in [-0.2, 0) is 0 Å². The van der Waals surface area contributed by atoms with Crippen LogP contribution in [0, 0.1) is 68.0 Å². The number of rotatable bonds is 2. The van der Waals surface area contributed by atoms with E-state index in [1.165, 1.54) is 0 Å². The lowest BCUT2D eigenvalue weighted by Gasteiger charge is -2.54. The molecule has 0 spiro atoms. The molecule has 2 atom stereocenters. The van der Waals surface area contributed by atoms with Gasteiger partial charge in [0, 0.05) is 5.92 Å². The third-order valence-electron chi connectivity index (χ3n) is 4.74. The van der Waals surface area contributed by atoms with Gasteiger partial charge in [0.15, 0.2) is 10.8 Å². The largest absolute Gasteiger partial charge is 0.461 e. The molecular weight excluding hydrogens is 312 g/mol. The number of allylic oxidation sites excluding steroid dienone is 6. The SMILES string of the molecule is N#CC1(C#N)[C@@H]2C(Oc3ccccc3)=CC=CC=C[C@@H]2C1(C#N)C#N. The van der Waals surface area contributed by atoms with Gasteiger partial charge in [-0.15, -0.1) is 0 Å². The van der Waals surface area contributed by atoms with Gasteiger partial charge in [-0.2, -0.15) is 21.0 Å². The quantitative estimate of drug-likeness (QED) is 0.829. The standard InChI is InChI=1S/C20H12N4O/c21-11-19(12-22)16-9-5-2-6-10-17(18(16)20(19,13-23)14-24)25-15-7-3-1-4-8-15/h1-10,16,18H/t16-,18-/m0/s1. The molecule has 0 aromatic heterocycles. The average molecular weight is 324 g/mol. The molecule has 118 valence electrons. The number of fused-ring (bicyclic) bond motifs is 1. The molecule has 1 aromatic rings. The van der Waals surface area contributed by atoms with Crippen LogP contribution in [0.1, 0.15) is 0 Å². The Hall–Kier alpha value is -3.80. The zero-order valence-corrected chi connectivity index (χ0v) is 13.1. The van der Waals surface area contributed by atoms with Crippen LogP contribution in [0.4, 0.5) is 0 Å². The highest BCUT2D eigenvalue weighted by Gasteiger charge is 2.76. The Bertz CT molecular complexity index is 917. The first kappa shape index (κ1) is 16.1. The van der Waals surface area contributed by atoms with Crippen LogP contribution in [0.2, 0.25) is 0 Å². The second-order valence-electron chi connectivity index (χ2n) is 5.82. The van der Waals surface area contributed by atoms with Gasteiger partial charge in [0.25, 0.3) is 0 Å². The van der Waals surface area contributed by atoms with Gasteiger partial charge in [-0.1, -0.05) is 42.5 Å². The van der Waals surface area contributed by atoms with Gasteiger partial charge in [0.2, 0.25) is 0 Å². The molecule has 1 aromatic carbocycles. The minimum absolute atomic E-state index is 0.390. The van der Waals surface area contributed by atoms with Crippen molar-refractivity contribution >= 4 is 0 Å². The van der Waals surface area contributed by atoms with E-state index in [0.717, 1.165) is 0 Å². The summed E-state index contributed by atoms with van der Waals surface area (Å²) >= 11 is 0. The molecule has 0 heterocycles. The van der Waals surface area contributed by atoms with Gasteiger partial charge in [0.1, 0.15) is 11.5 Å². The molecule has 3 rings (SSSR count). The maximum Gasteiger partial charge on any atom is 0.186 e. The second kappa shape index (κ2) is 6.01. The van der Waals surface area contributed by atoms with Crippen molar-refractivity contribution in [1.29, 1.82) is 21.0 Å². The minimum Gasteiger partial charge on any atom is -0.461 e. The number of nitrogens with zero attached hydrogens (tertiary/aromatic N) is 4. The van der Waals surface area contributed by atoms with E-state index in [1.54, 1.807) is 42.5 Å². The van der Waals surface area contributed by atoms with Crippen LogP contribution in [-0.4, -0.2) is 0 Å². The monoisotopic (exact) mass is 324 g/mol. The van der Waals surface area contributed by atoms with Gasteiger partial charge in [0.05, 0.1) is 30.2 Å². The fraction of sp³-hybridized carbons (Fsp3) is 0.200. The summed E-state index contributed by atoms with van der Waals surface area (Å²) in [6, 6.07) is 16.7. The molecule has 1 saturated carbocycles. The molecule has 0 N–H and O–H groups in total. The van der Waals surface area contributed by atoms with E-state index in [-0.39, 0.29) is 0 Å². The van der Waals surface area contributed by atoms with Gasteiger partial charge in [-0.25, -0.2) is 0 Å². The van der Waals surface area contributed by atoms with E-state index in [1.807, 2.05) is 42.5 Å². The highest BCUT2D eigenvalue weighted by atomic mass is 16.5. The van der Waals surface area contributed by atoms with Crippen molar-refractivity contribution in [2.24, 2.45) is 22.7 Å². The fourth-order valence-corrected chi connectivity index (χ4v) is 3.49. The highest BCUT2D eigenvalue weighted by Crippen LogP contribution is 2.66. The third-order valence-corrected chi connectivity index (χ3v) is 4.74. The van der Waals surface area contributed by atoms with Gasteiger partial charge < -0.3 is 4.74 Å². The van der Waals surface area contributed by atoms with Crippen LogP contribution in [0.25, 0.3) is 0 Å². The number of para-hydroxylation sites is 1. The van der Waals surface area contributed by atoms with Gasteiger partial charge in [-0.3, -0.25) is 0 Å². The van der Waals surface area contributed by atoms with E-state index < -0.39 is 22.7 Å². The Morgan fingerprint density at radius 2 is 1.44 bits per heavy atom. The lowest BCUT2D eigenvalue weighted by molar-refractivity contribution is -0.0219. The number of hydrogen-bond donors (Lipinski definition) is 0. The Kier molecular flexibility index (Phi) is 3.86. The molecule has 1 fully saturated rings. The van der Waals surface area contributed by atoms with Crippen molar-refractivity contribution in [3.8, 4) is 30.0 Å². The molecular formula is C20H12N4O. The summed E-state index contributed by atoms with van der Waals surface area (Å²) in [6.07, 6.45) is 8.58. The molecule has 2 aliphatic carbocycles. The topological polar surface area (TPSA) is 104 Å². The molecule has 25 heavy (non-hydrogen) atoms. The zero-order valence-electron chi connectivity index (χ0n) is 13.1. The molecule has 0 bridgehead atoms. The molecule has 0 unspecified atom stereocenters. The molecule has 0 radical (unpaired) electrons. The Morgan fingerprint density at radius 3 is 2.04 bits per heavy atom. The summed E-state index contributed by atoms with van der Waals surface area (Å²) in [6.45, 7) is 0. The number of hydrogen-bond acceptors (Lipinski definition) is 5. The summed E-state index contributed by atoms with van der Waals surface area (Å²) in [5.41, 5.74) is -3.53. The first-order valence-electron chi connectivity index (χ1n) is 7.62. The molecule has 0 aliphatic heterocycles. The summed E-state index contributed by atoms with van der Waals surface area (Å²) in [7, 11) is 0. The summed E-state index contributed by atoms with van der Waals surface area (Å²) in [5.74, 6) is -0.368. The maximum atomic E-state index is 9.72. The Labute approximate surface area is 145 Å². The van der Waals surface area contributed by atoms with E-state index in [0.29, 0.717) is 11.5 Å². The van der Waals surface area contributed by atoms with Crippen molar-refractivity contribution in [3.05, 3.63) is 66.5 Å². The van der Waals surface area contributed by atoms with Crippen LogP contribution < -0.4 is 4.74 Å². The lowest BCUT2D eigenvalue weighted by atomic mass is 9.39. The van der Waals surface area contributed by atoms with Crippen molar-refractivity contribution < 1.29 is 4.74 Å². The zero-order chi connectivity index (χ0) is 17.9. The summed E-state index contributed by atoms with van der Waals surface area (Å²) in [4.78, 5) is 0. The molecule has 0 saturated heterocycles. The van der Waals surface area contributed by atoms with E-state index >= 15 is 0 Å².